The van der Waals surface area contributed by atoms with Crippen LogP contribution in [0.1, 0.15) is 25.7 Å². The normalized spacial score (nSPS) is 30.4. The monoisotopic (exact) mass is 158 g/mol. The highest BCUT2D eigenvalue weighted by molar-refractivity contribution is 5.69. The van der Waals surface area contributed by atoms with Gasteiger partial charge in [0, 0.05) is 0 Å². The second-order valence-corrected chi connectivity index (χ2v) is 3.04. The van der Waals surface area contributed by atoms with Gasteiger partial charge in [-0.15, -0.1) is 0 Å². The molecular formula is C8H14O3. The van der Waals surface area contributed by atoms with E-state index in [1.165, 1.54) is 7.11 Å². The second kappa shape index (κ2) is 3.72. The number of aliphatic hydroxyl groups excluding tert-OH is 1. The largest absolute Gasteiger partial charge is 0.469 e. The minimum atomic E-state index is -0.283. The summed E-state index contributed by atoms with van der Waals surface area (Å²) in [6.07, 6.45) is 2.91. The van der Waals surface area contributed by atoms with E-state index in [9.17, 15) is 9.90 Å². The molecule has 3 nitrogen and oxygen atoms in total. The smallest absolute Gasteiger partial charge is 0.305 e. The number of carbonyl (C=O) groups is 1. The molecule has 1 rings (SSSR count). The highest BCUT2D eigenvalue weighted by Crippen LogP contribution is 2.28. The van der Waals surface area contributed by atoms with Crippen LogP contribution in [0.15, 0.2) is 0 Å². The van der Waals surface area contributed by atoms with Crippen molar-refractivity contribution in [1.29, 1.82) is 0 Å². The lowest BCUT2D eigenvalue weighted by molar-refractivity contribution is -0.142. The van der Waals surface area contributed by atoms with E-state index in [0.29, 0.717) is 6.42 Å². The van der Waals surface area contributed by atoms with Crippen molar-refractivity contribution >= 4 is 5.97 Å². The molecule has 0 radical (unpaired) electrons. The van der Waals surface area contributed by atoms with Crippen molar-refractivity contribution in [3.05, 3.63) is 0 Å². The lowest BCUT2D eigenvalue weighted by Gasteiger charge is -2.11. The SMILES string of the molecule is COC(=O)C[C@@H]1CCC[C@@H]1O. The third-order valence-electron chi connectivity index (χ3n) is 2.28. The van der Waals surface area contributed by atoms with E-state index in [2.05, 4.69) is 4.74 Å². The molecule has 0 heterocycles. The molecule has 1 fully saturated rings. The Hall–Kier alpha value is -0.570. The molecule has 1 aliphatic rings. The number of hydrogen-bond donors (Lipinski definition) is 1. The van der Waals surface area contributed by atoms with Gasteiger partial charge in [0.2, 0.25) is 0 Å². The molecule has 0 aliphatic heterocycles. The first-order valence-electron chi connectivity index (χ1n) is 3.99. The quantitative estimate of drug-likeness (QED) is 0.602. The van der Waals surface area contributed by atoms with E-state index in [1.54, 1.807) is 0 Å². The second-order valence-electron chi connectivity index (χ2n) is 3.04. The molecule has 0 amide bonds. The summed E-state index contributed by atoms with van der Waals surface area (Å²) in [6.45, 7) is 0. The van der Waals surface area contributed by atoms with Crippen LogP contribution in [-0.4, -0.2) is 24.3 Å². The highest BCUT2D eigenvalue weighted by atomic mass is 16.5. The lowest BCUT2D eigenvalue weighted by Crippen LogP contribution is -2.17. The Kier molecular flexibility index (Phi) is 2.88. The topological polar surface area (TPSA) is 46.5 Å². The number of aliphatic hydroxyl groups is 1. The predicted octanol–water partition coefficient (Wildman–Crippen LogP) is 0.710. The summed E-state index contributed by atoms with van der Waals surface area (Å²) in [4.78, 5) is 10.8. The third kappa shape index (κ3) is 2.19. The summed E-state index contributed by atoms with van der Waals surface area (Å²) in [6, 6.07) is 0. The third-order valence-corrected chi connectivity index (χ3v) is 2.28. The number of carbonyl (C=O) groups excluding carboxylic acids is 1. The average molecular weight is 158 g/mol. The van der Waals surface area contributed by atoms with Gasteiger partial charge in [-0.1, -0.05) is 6.42 Å². The van der Waals surface area contributed by atoms with Crippen molar-refractivity contribution in [3.63, 3.8) is 0 Å². The van der Waals surface area contributed by atoms with E-state index in [1.807, 2.05) is 0 Å². The van der Waals surface area contributed by atoms with Crippen molar-refractivity contribution < 1.29 is 14.6 Å². The molecule has 64 valence electrons. The van der Waals surface area contributed by atoms with Gasteiger partial charge in [0.05, 0.1) is 19.6 Å². The fourth-order valence-electron chi connectivity index (χ4n) is 1.55. The maximum absolute atomic E-state index is 10.8. The van der Waals surface area contributed by atoms with Crippen molar-refractivity contribution in [2.45, 2.75) is 31.8 Å². The summed E-state index contributed by atoms with van der Waals surface area (Å²) >= 11 is 0. The summed E-state index contributed by atoms with van der Waals surface area (Å²) < 4.78 is 4.51. The fraction of sp³-hybridized carbons (Fsp3) is 0.875. The Labute approximate surface area is 66.4 Å². The predicted molar refractivity (Wildman–Crippen MR) is 40.0 cm³/mol. The van der Waals surface area contributed by atoms with Gasteiger partial charge in [0.25, 0.3) is 0 Å². The first kappa shape index (κ1) is 8.53. The molecule has 11 heavy (non-hydrogen) atoms. The number of ether oxygens (including phenoxy) is 1. The van der Waals surface area contributed by atoms with Gasteiger partial charge >= 0.3 is 5.97 Å². The van der Waals surface area contributed by atoms with Crippen molar-refractivity contribution in [3.8, 4) is 0 Å². The van der Waals surface area contributed by atoms with Gasteiger partial charge in [0.15, 0.2) is 0 Å². The minimum Gasteiger partial charge on any atom is -0.469 e. The standard InChI is InChI=1S/C8H14O3/c1-11-8(10)5-6-3-2-4-7(6)9/h6-7,9H,2-5H2,1H3/t6-,7-/m0/s1. The number of hydrogen-bond acceptors (Lipinski definition) is 3. The fourth-order valence-corrected chi connectivity index (χ4v) is 1.55. The Balaban J connectivity index is 2.30. The van der Waals surface area contributed by atoms with Gasteiger partial charge < -0.3 is 9.84 Å². The van der Waals surface area contributed by atoms with Crippen LogP contribution < -0.4 is 0 Å². The summed E-state index contributed by atoms with van der Waals surface area (Å²) in [5.41, 5.74) is 0. The first-order valence-corrected chi connectivity index (χ1v) is 3.99. The van der Waals surface area contributed by atoms with E-state index in [4.69, 9.17) is 0 Å². The minimum absolute atomic E-state index is 0.141. The van der Waals surface area contributed by atoms with Crippen LogP contribution >= 0.6 is 0 Å². The zero-order valence-corrected chi connectivity index (χ0v) is 6.75. The van der Waals surface area contributed by atoms with Crippen LogP contribution in [0.5, 0.6) is 0 Å². The van der Waals surface area contributed by atoms with Crippen LogP contribution in [0.2, 0.25) is 0 Å². The summed E-state index contributed by atoms with van der Waals surface area (Å²) in [5.74, 6) is -0.0709. The van der Waals surface area contributed by atoms with Crippen LogP contribution in [0.4, 0.5) is 0 Å². The van der Waals surface area contributed by atoms with Gasteiger partial charge in [-0.25, -0.2) is 0 Å². The van der Waals surface area contributed by atoms with Gasteiger partial charge in [-0.3, -0.25) is 4.79 Å². The molecule has 0 aromatic rings. The maximum Gasteiger partial charge on any atom is 0.305 e. The lowest BCUT2D eigenvalue weighted by atomic mass is 10.0. The molecule has 3 heteroatoms. The van der Waals surface area contributed by atoms with E-state index < -0.39 is 0 Å². The van der Waals surface area contributed by atoms with Crippen LogP contribution in [0.3, 0.4) is 0 Å². The number of methoxy groups -OCH3 is 1. The van der Waals surface area contributed by atoms with Crippen LogP contribution in [0, 0.1) is 5.92 Å². The molecule has 0 bridgehead atoms. The summed E-state index contributed by atoms with van der Waals surface area (Å²) in [5, 5.41) is 9.33. The van der Waals surface area contributed by atoms with E-state index >= 15 is 0 Å². The van der Waals surface area contributed by atoms with Gasteiger partial charge in [-0.05, 0) is 18.8 Å². The Morgan fingerprint density at radius 2 is 2.36 bits per heavy atom. The van der Waals surface area contributed by atoms with E-state index in [0.717, 1.165) is 19.3 Å². The van der Waals surface area contributed by atoms with Crippen molar-refractivity contribution in [2.24, 2.45) is 5.92 Å². The molecule has 1 aliphatic carbocycles. The molecule has 1 N–H and O–H groups in total. The maximum atomic E-state index is 10.8. The molecular weight excluding hydrogens is 144 g/mol. The molecule has 0 spiro atoms. The summed E-state index contributed by atoms with van der Waals surface area (Å²) in [7, 11) is 1.38. The Morgan fingerprint density at radius 1 is 1.64 bits per heavy atom. The molecule has 1 saturated carbocycles. The number of esters is 1. The average Bonchev–Trinajstić information content (AvgIpc) is 2.37. The van der Waals surface area contributed by atoms with Crippen molar-refractivity contribution in [1.82, 2.24) is 0 Å². The van der Waals surface area contributed by atoms with Crippen LogP contribution in [0.25, 0.3) is 0 Å². The molecule has 0 unspecified atom stereocenters. The molecule has 2 atom stereocenters. The molecule has 0 saturated heterocycles. The molecule has 0 aromatic heterocycles. The van der Waals surface area contributed by atoms with Crippen molar-refractivity contribution in [2.75, 3.05) is 7.11 Å². The van der Waals surface area contributed by atoms with Gasteiger partial charge in [-0.2, -0.15) is 0 Å². The first-order chi connectivity index (χ1) is 5.24. The zero-order valence-electron chi connectivity index (χ0n) is 6.75. The van der Waals surface area contributed by atoms with Crippen LogP contribution in [-0.2, 0) is 9.53 Å². The Morgan fingerprint density at radius 3 is 2.82 bits per heavy atom. The number of rotatable bonds is 2. The van der Waals surface area contributed by atoms with Gasteiger partial charge in [0.1, 0.15) is 0 Å². The highest BCUT2D eigenvalue weighted by Gasteiger charge is 2.27. The molecule has 0 aromatic carbocycles. The van der Waals surface area contributed by atoms with E-state index in [-0.39, 0.29) is 18.0 Å². The zero-order chi connectivity index (χ0) is 8.27. The Bertz CT molecular complexity index is 144.